The Hall–Kier alpha value is -1.37. The Kier molecular flexibility index (Phi) is 3.02. The molecule has 1 heteroatoms. The maximum Gasteiger partial charge on any atom is 0.159 e. The molecule has 0 bridgehead atoms. The van der Waals surface area contributed by atoms with Gasteiger partial charge in [0.15, 0.2) is 5.78 Å². The summed E-state index contributed by atoms with van der Waals surface area (Å²) < 4.78 is 0. The van der Waals surface area contributed by atoms with Gasteiger partial charge in [-0.1, -0.05) is 29.8 Å². The zero-order valence-corrected chi connectivity index (χ0v) is 8.29. The minimum Gasteiger partial charge on any atom is -0.295 e. The third-order valence-electron chi connectivity index (χ3n) is 1.75. The summed E-state index contributed by atoms with van der Waals surface area (Å²) in [4.78, 5) is 11.1. The van der Waals surface area contributed by atoms with Gasteiger partial charge < -0.3 is 0 Å². The van der Waals surface area contributed by atoms with Gasteiger partial charge in [0.05, 0.1) is 0 Å². The van der Waals surface area contributed by atoms with Crippen LogP contribution in [-0.2, 0) is 0 Å². The lowest BCUT2D eigenvalue weighted by Gasteiger charge is -1.98. The summed E-state index contributed by atoms with van der Waals surface area (Å²) in [6, 6.07) is 7.66. The van der Waals surface area contributed by atoms with E-state index in [1.54, 1.807) is 6.92 Å². The summed E-state index contributed by atoms with van der Waals surface area (Å²) in [5.41, 5.74) is 3.10. The highest BCUT2D eigenvalue weighted by Crippen LogP contribution is 2.09. The summed E-state index contributed by atoms with van der Waals surface area (Å²) in [5.74, 6) is 0.115. The van der Waals surface area contributed by atoms with E-state index >= 15 is 0 Å². The maximum atomic E-state index is 11.1. The summed E-state index contributed by atoms with van der Waals surface area (Å²) >= 11 is 0. The lowest BCUT2D eigenvalue weighted by atomic mass is 10.1. The van der Waals surface area contributed by atoms with Gasteiger partial charge >= 0.3 is 0 Å². The highest BCUT2D eigenvalue weighted by molar-refractivity contribution is 5.94. The van der Waals surface area contributed by atoms with Crippen LogP contribution >= 0.6 is 0 Å². The van der Waals surface area contributed by atoms with Gasteiger partial charge in [0.25, 0.3) is 0 Å². The highest BCUT2D eigenvalue weighted by atomic mass is 16.1. The number of carbonyl (C=O) groups is 1. The van der Waals surface area contributed by atoms with E-state index in [0.717, 1.165) is 11.1 Å². The summed E-state index contributed by atoms with van der Waals surface area (Å²) in [5, 5.41) is 0. The van der Waals surface area contributed by atoms with Crippen LogP contribution in [0, 0.1) is 0 Å². The molecule has 1 aromatic carbocycles. The van der Waals surface area contributed by atoms with Crippen molar-refractivity contribution < 1.29 is 4.79 Å². The second kappa shape index (κ2) is 4.04. The fourth-order valence-electron chi connectivity index (χ4n) is 1.18. The molecule has 0 aromatic heterocycles. The van der Waals surface area contributed by atoms with Crippen molar-refractivity contribution in [1.29, 1.82) is 0 Å². The minimum absolute atomic E-state index is 0.115. The van der Waals surface area contributed by atoms with Crippen LogP contribution in [-0.4, -0.2) is 5.78 Å². The van der Waals surface area contributed by atoms with Crippen LogP contribution in [0.1, 0.15) is 36.7 Å². The second-order valence-corrected chi connectivity index (χ2v) is 3.40. The first-order valence-corrected chi connectivity index (χ1v) is 4.35. The molecule has 13 heavy (non-hydrogen) atoms. The molecule has 1 aromatic rings. The first-order valence-electron chi connectivity index (χ1n) is 4.35. The summed E-state index contributed by atoms with van der Waals surface area (Å²) in [6.45, 7) is 5.67. The monoisotopic (exact) mass is 174 g/mol. The Morgan fingerprint density at radius 1 is 1.23 bits per heavy atom. The molecule has 0 spiro atoms. The Labute approximate surface area is 79.1 Å². The molecule has 0 radical (unpaired) electrons. The van der Waals surface area contributed by atoms with Crippen LogP contribution < -0.4 is 0 Å². The second-order valence-electron chi connectivity index (χ2n) is 3.40. The number of allylic oxidation sites excluding steroid dienone is 1. The molecule has 0 N–H and O–H groups in total. The average Bonchev–Trinajstić information content (AvgIpc) is 2.03. The van der Waals surface area contributed by atoms with Gasteiger partial charge in [0.1, 0.15) is 0 Å². The van der Waals surface area contributed by atoms with Crippen LogP contribution in [0.15, 0.2) is 29.8 Å². The fraction of sp³-hybridized carbons (Fsp3) is 0.250. The molecule has 0 amide bonds. The van der Waals surface area contributed by atoms with E-state index in [1.165, 1.54) is 5.57 Å². The van der Waals surface area contributed by atoms with Gasteiger partial charge in [-0.2, -0.15) is 0 Å². The molecule has 0 saturated heterocycles. The van der Waals surface area contributed by atoms with Gasteiger partial charge in [-0.25, -0.2) is 0 Å². The van der Waals surface area contributed by atoms with Crippen LogP contribution in [0.2, 0.25) is 0 Å². The first kappa shape index (κ1) is 9.72. The zero-order valence-electron chi connectivity index (χ0n) is 8.29. The van der Waals surface area contributed by atoms with Crippen molar-refractivity contribution in [3.63, 3.8) is 0 Å². The van der Waals surface area contributed by atoms with E-state index < -0.39 is 0 Å². The number of hydrogen-bond donors (Lipinski definition) is 0. The van der Waals surface area contributed by atoms with Gasteiger partial charge in [-0.15, -0.1) is 0 Å². The normalized spacial score (nSPS) is 9.46. The Balaban J connectivity index is 3.06. The molecule has 1 nitrogen and oxygen atoms in total. The number of hydrogen-bond acceptors (Lipinski definition) is 1. The average molecular weight is 174 g/mol. The lowest BCUT2D eigenvalue weighted by Crippen LogP contribution is -1.91. The minimum atomic E-state index is 0.115. The molecule has 0 fully saturated rings. The van der Waals surface area contributed by atoms with Crippen molar-refractivity contribution in [1.82, 2.24) is 0 Å². The molecule has 0 unspecified atom stereocenters. The van der Waals surface area contributed by atoms with Gasteiger partial charge in [-0.05, 0) is 32.4 Å². The molecule has 0 saturated carbocycles. The number of carbonyl (C=O) groups excluding carboxylic acids is 1. The number of Topliss-reactive ketones (excluding diaryl/α,β-unsaturated/α-hetero) is 1. The van der Waals surface area contributed by atoms with E-state index in [9.17, 15) is 4.79 Å². The van der Waals surface area contributed by atoms with Crippen molar-refractivity contribution in [3.8, 4) is 0 Å². The van der Waals surface area contributed by atoms with E-state index in [-0.39, 0.29) is 5.78 Å². The Morgan fingerprint density at radius 2 is 1.92 bits per heavy atom. The Bertz CT molecular complexity index is 344. The predicted molar refractivity (Wildman–Crippen MR) is 55.8 cm³/mol. The SMILES string of the molecule is CC(=O)c1cccc(C=C(C)C)c1. The van der Waals surface area contributed by atoms with Gasteiger partial charge in [-0.3, -0.25) is 4.79 Å². The first-order chi connectivity index (χ1) is 6.09. The highest BCUT2D eigenvalue weighted by Gasteiger charge is 1.97. The zero-order chi connectivity index (χ0) is 9.84. The molecular weight excluding hydrogens is 160 g/mol. The molecule has 68 valence electrons. The summed E-state index contributed by atoms with van der Waals surface area (Å²) in [6.07, 6.45) is 2.06. The van der Waals surface area contributed by atoms with Crippen LogP contribution in [0.4, 0.5) is 0 Å². The number of benzene rings is 1. The van der Waals surface area contributed by atoms with Gasteiger partial charge in [0, 0.05) is 5.56 Å². The maximum absolute atomic E-state index is 11.1. The molecule has 0 heterocycles. The predicted octanol–water partition coefficient (Wildman–Crippen LogP) is 3.31. The standard InChI is InChI=1S/C12H14O/c1-9(2)7-11-5-4-6-12(8-11)10(3)13/h4-8H,1-3H3. The van der Waals surface area contributed by atoms with Crippen molar-refractivity contribution >= 4 is 11.9 Å². The van der Waals surface area contributed by atoms with Crippen LogP contribution in [0.3, 0.4) is 0 Å². The van der Waals surface area contributed by atoms with Crippen LogP contribution in [0.25, 0.3) is 6.08 Å². The lowest BCUT2D eigenvalue weighted by molar-refractivity contribution is 0.101. The number of ketones is 1. The van der Waals surface area contributed by atoms with Crippen molar-refractivity contribution in [2.45, 2.75) is 20.8 Å². The molecule has 0 aliphatic rings. The molecule has 0 aliphatic heterocycles. The fourth-order valence-corrected chi connectivity index (χ4v) is 1.18. The van der Waals surface area contributed by atoms with Crippen molar-refractivity contribution in [2.75, 3.05) is 0 Å². The topological polar surface area (TPSA) is 17.1 Å². The van der Waals surface area contributed by atoms with Crippen LogP contribution in [0.5, 0.6) is 0 Å². The van der Waals surface area contributed by atoms with E-state index in [1.807, 2.05) is 38.1 Å². The van der Waals surface area contributed by atoms with E-state index in [0.29, 0.717) is 0 Å². The van der Waals surface area contributed by atoms with E-state index in [2.05, 4.69) is 6.08 Å². The molecular formula is C12H14O. The Morgan fingerprint density at radius 3 is 2.46 bits per heavy atom. The van der Waals surface area contributed by atoms with Gasteiger partial charge in [0.2, 0.25) is 0 Å². The largest absolute Gasteiger partial charge is 0.295 e. The third-order valence-corrected chi connectivity index (χ3v) is 1.75. The molecule has 1 rings (SSSR count). The summed E-state index contributed by atoms with van der Waals surface area (Å²) in [7, 11) is 0. The quantitative estimate of drug-likeness (QED) is 0.628. The molecule has 0 atom stereocenters. The van der Waals surface area contributed by atoms with Crippen molar-refractivity contribution in [3.05, 3.63) is 41.0 Å². The van der Waals surface area contributed by atoms with E-state index in [4.69, 9.17) is 0 Å². The number of rotatable bonds is 2. The third kappa shape index (κ3) is 2.86. The molecule has 0 aliphatic carbocycles. The van der Waals surface area contributed by atoms with Crippen molar-refractivity contribution in [2.24, 2.45) is 0 Å². The smallest absolute Gasteiger partial charge is 0.159 e.